The van der Waals surface area contributed by atoms with Crippen molar-refractivity contribution in [3.8, 4) is 5.88 Å². The van der Waals surface area contributed by atoms with Crippen LogP contribution in [0.4, 0.5) is 4.39 Å². The van der Waals surface area contributed by atoms with Gasteiger partial charge < -0.3 is 10.5 Å². The molecule has 4 heteroatoms. The van der Waals surface area contributed by atoms with Crippen molar-refractivity contribution in [1.82, 2.24) is 4.98 Å². The van der Waals surface area contributed by atoms with Crippen molar-refractivity contribution >= 4 is 0 Å². The smallest absolute Gasteiger partial charge is 0.213 e. The van der Waals surface area contributed by atoms with Gasteiger partial charge in [-0.25, -0.2) is 9.37 Å². The molecule has 0 fully saturated rings. The maximum Gasteiger partial charge on any atom is 0.213 e. The first-order valence-corrected chi connectivity index (χ1v) is 3.77. The molecule has 0 amide bonds. The molecule has 66 valence electrons. The lowest BCUT2D eigenvalue weighted by atomic mass is 10.4. The molecule has 0 saturated heterocycles. The molecule has 0 bridgehead atoms. The van der Waals surface area contributed by atoms with Gasteiger partial charge in [-0.15, -0.1) is 0 Å². The minimum Gasteiger partial charge on any atom is -0.478 e. The second kappa shape index (κ2) is 4.66. The van der Waals surface area contributed by atoms with E-state index in [0.717, 1.165) is 12.6 Å². The van der Waals surface area contributed by atoms with Gasteiger partial charge in [0, 0.05) is 6.07 Å². The van der Waals surface area contributed by atoms with Crippen molar-refractivity contribution in [1.29, 1.82) is 0 Å². The number of aromatic nitrogens is 1. The molecule has 0 radical (unpaired) electrons. The van der Waals surface area contributed by atoms with Crippen molar-refractivity contribution in [2.45, 2.75) is 6.42 Å². The Morgan fingerprint density at radius 3 is 2.92 bits per heavy atom. The van der Waals surface area contributed by atoms with Gasteiger partial charge in [-0.1, -0.05) is 0 Å². The molecule has 0 aliphatic rings. The number of rotatable bonds is 4. The van der Waals surface area contributed by atoms with Crippen molar-refractivity contribution in [2.24, 2.45) is 5.73 Å². The number of nitrogens with zero attached hydrogens (tertiary/aromatic N) is 1. The zero-order chi connectivity index (χ0) is 8.81. The Morgan fingerprint density at radius 1 is 1.50 bits per heavy atom. The summed E-state index contributed by atoms with van der Waals surface area (Å²) in [6.45, 7) is 1.11. The predicted molar refractivity (Wildman–Crippen MR) is 43.4 cm³/mol. The number of hydrogen-bond acceptors (Lipinski definition) is 3. The number of nitrogens with two attached hydrogens (primary N) is 1. The molecule has 1 aromatic rings. The van der Waals surface area contributed by atoms with E-state index in [1.54, 1.807) is 0 Å². The van der Waals surface area contributed by atoms with Crippen LogP contribution in [0.1, 0.15) is 6.42 Å². The lowest BCUT2D eigenvalue weighted by molar-refractivity contribution is 0.300. The third-order valence-electron chi connectivity index (χ3n) is 1.30. The first-order chi connectivity index (χ1) is 5.83. The molecule has 0 aliphatic heterocycles. The van der Waals surface area contributed by atoms with E-state index < -0.39 is 0 Å². The van der Waals surface area contributed by atoms with Crippen molar-refractivity contribution in [3.05, 3.63) is 24.1 Å². The standard InChI is InChI=1S/C8H11FN2O/c9-7-2-3-8(11-6-7)12-5-1-4-10/h2-3,6H,1,4-5,10H2. The average Bonchev–Trinajstić information content (AvgIpc) is 2.09. The molecule has 1 rings (SSSR count). The van der Waals surface area contributed by atoms with E-state index in [2.05, 4.69) is 4.98 Å². The van der Waals surface area contributed by atoms with Crippen LogP contribution in [0.15, 0.2) is 18.3 Å². The van der Waals surface area contributed by atoms with Crippen molar-refractivity contribution in [3.63, 3.8) is 0 Å². The topological polar surface area (TPSA) is 48.1 Å². The monoisotopic (exact) mass is 170 g/mol. The Bertz CT molecular complexity index is 225. The number of pyridine rings is 1. The predicted octanol–water partition coefficient (Wildman–Crippen LogP) is 0.948. The fourth-order valence-electron chi connectivity index (χ4n) is 0.708. The van der Waals surface area contributed by atoms with Gasteiger partial charge >= 0.3 is 0 Å². The first-order valence-electron chi connectivity index (χ1n) is 3.77. The van der Waals surface area contributed by atoms with Crippen LogP contribution in [0.5, 0.6) is 5.88 Å². The lowest BCUT2D eigenvalue weighted by Crippen LogP contribution is -2.06. The average molecular weight is 170 g/mol. The molecule has 0 atom stereocenters. The minimum absolute atomic E-state index is 0.360. The van der Waals surface area contributed by atoms with E-state index in [1.807, 2.05) is 0 Å². The van der Waals surface area contributed by atoms with Gasteiger partial charge in [-0.05, 0) is 19.0 Å². The fraction of sp³-hybridized carbons (Fsp3) is 0.375. The van der Waals surface area contributed by atoms with Crippen LogP contribution >= 0.6 is 0 Å². The third kappa shape index (κ3) is 2.84. The molecule has 3 nitrogen and oxygen atoms in total. The van der Waals surface area contributed by atoms with E-state index in [1.165, 1.54) is 12.1 Å². The Hall–Kier alpha value is -1.16. The Morgan fingerprint density at radius 2 is 2.33 bits per heavy atom. The molecule has 0 saturated carbocycles. The third-order valence-corrected chi connectivity index (χ3v) is 1.30. The zero-order valence-electron chi connectivity index (χ0n) is 6.66. The van der Waals surface area contributed by atoms with Crippen LogP contribution in [0, 0.1) is 5.82 Å². The fourth-order valence-corrected chi connectivity index (χ4v) is 0.708. The molecular formula is C8H11FN2O. The van der Waals surface area contributed by atoms with E-state index in [4.69, 9.17) is 10.5 Å². The van der Waals surface area contributed by atoms with Gasteiger partial charge in [-0.3, -0.25) is 0 Å². The van der Waals surface area contributed by atoms with E-state index >= 15 is 0 Å². The van der Waals surface area contributed by atoms with Crippen molar-refractivity contribution in [2.75, 3.05) is 13.2 Å². The van der Waals surface area contributed by atoms with Crippen LogP contribution < -0.4 is 10.5 Å². The summed E-state index contributed by atoms with van der Waals surface area (Å²) in [4.78, 5) is 3.71. The second-order valence-corrected chi connectivity index (χ2v) is 2.31. The quantitative estimate of drug-likeness (QED) is 0.684. The second-order valence-electron chi connectivity index (χ2n) is 2.31. The largest absolute Gasteiger partial charge is 0.478 e. The van der Waals surface area contributed by atoms with Crippen LogP contribution in [0.2, 0.25) is 0 Å². The van der Waals surface area contributed by atoms with E-state index in [0.29, 0.717) is 19.0 Å². The minimum atomic E-state index is -0.360. The summed E-state index contributed by atoms with van der Waals surface area (Å²) >= 11 is 0. The van der Waals surface area contributed by atoms with Gasteiger partial charge in [0.2, 0.25) is 5.88 Å². The molecule has 12 heavy (non-hydrogen) atoms. The molecule has 1 heterocycles. The van der Waals surface area contributed by atoms with Crippen LogP contribution in [0.25, 0.3) is 0 Å². The summed E-state index contributed by atoms with van der Waals surface area (Å²) in [5, 5.41) is 0. The highest BCUT2D eigenvalue weighted by atomic mass is 19.1. The zero-order valence-corrected chi connectivity index (χ0v) is 6.66. The molecule has 0 unspecified atom stereocenters. The van der Waals surface area contributed by atoms with Gasteiger partial charge in [-0.2, -0.15) is 0 Å². The first kappa shape index (κ1) is 8.93. The Kier molecular flexibility index (Phi) is 3.47. The summed E-state index contributed by atoms with van der Waals surface area (Å²) < 4.78 is 17.5. The SMILES string of the molecule is NCCCOc1ccc(F)cn1. The van der Waals surface area contributed by atoms with Crippen molar-refractivity contribution < 1.29 is 9.13 Å². The summed E-state index contributed by atoms with van der Waals surface area (Å²) in [7, 11) is 0. The van der Waals surface area contributed by atoms with Crippen LogP contribution in [0.3, 0.4) is 0 Å². The van der Waals surface area contributed by atoms with Gasteiger partial charge in [0.1, 0.15) is 5.82 Å². The highest BCUT2D eigenvalue weighted by Crippen LogP contribution is 2.05. The van der Waals surface area contributed by atoms with Gasteiger partial charge in [0.25, 0.3) is 0 Å². The molecule has 0 aromatic carbocycles. The molecule has 0 aliphatic carbocycles. The molecule has 0 spiro atoms. The summed E-state index contributed by atoms with van der Waals surface area (Å²) in [5.41, 5.74) is 5.26. The summed E-state index contributed by atoms with van der Waals surface area (Å²) in [5.74, 6) is 0.0750. The van der Waals surface area contributed by atoms with E-state index in [9.17, 15) is 4.39 Å². The molecule has 2 N–H and O–H groups in total. The Labute approximate surface area is 70.4 Å². The maximum absolute atomic E-state index is 12.3. The van der Waals surface area contributed by atoms with Gasteiger partial charge in [0.15, 0.2) is 0 Å². The number of halogens is 1. The van der Waals surface area contributed by atoms with Crippen LogP contribution in [-0.2, 0) is 0 Å². The van der Waals surface area contributed by atoms with Crippen LogP contribution in [-0.4, -0.2) is 18.1 Å². The molecule has 1 aromatic heterocycles. The molecular weight excluding hydrogens is 159 g/mol. The maximum atomic E-state index is 12.3. The highest BCUT2D eigenvalue weighted by molar-refractivity contribution is 5.10. The summed E-state index contributed by atoms with van der Waals surface area (Å²) in [6, 6.07) is 2.80. The number of hydrogen-bond donors (Lipinski definition) is 1. The van der Waals surface area contributed by atoms with Gasteiger partial charge in [0.05, 0.1) is 12.8 Å². The highest BCUT2D eigenvalue weighted by Gasteiger charge is 1.94. The number of ether oxygens (including phenoxy) is 1. The normalized spacial score (nSPS) is 9.83. The van der Waals surface area contributed by atoms with E-state index in [-0.39, 0.29) is 5.82 Å². The lowest BCUT2D eigenvalue weighted by Gasteiger charge is -2.02. The summed E-state index contributed by atoms with van der Waals surface area (Å²) in [6.07, 6.45) is 1.90. The Balaban J connectivity index is 2.37.